The van der Waals surface area contributed by atoms with E-state index >= 15 is 0 Å². The van der Waals surface area contributed by atoms with E-state index in [1.807, 2.05) is 30.3 Å². The molecule has 1 heterocycles. The lowest BCUT2D eigenvalue weighted by molar-refractivity contribution is 0.166. The van der Waals surface area contributed by atoms with Gasteiger partial charge in [-0.05, 0) is 49.2 Å². The van der Waals surface area contributed by atoms with Crippen LogP contribution in [0.5, 0.6) is 0 Å². The highest BCUT2D eigenvalue weighted by molar-refractivity contribution is 5.89. The second kappa shape index (κ2) is 7.70. The standard InChI is InChI=1S/C18H20N4O2/c23-13-17-7-4-12-22(17)18(24)19-14-8-10-16(11-9-14)21-20-15-5-2-1-3-6-15/h1-3,5-6,8-11,17,23H,4,7,12-13H2,(H,19,24). The first-order chi connectivity index (χ1) is 11.8. The van der Waals surface area contributed by atoms with Gasteiger partial charge in [-0.1, -0.05) is 18.2 Å². The quantitative estimate of drug-likeness (QED) is 0.831. The molecular formula is C18H20N4O2. The summed E-state index contributed by atoms with van der Waals surface area (Å²) in [5, 5.41) is 20.5. The number of anilines is 1. The Morgan fingerprint density at radius 2 is 1.75 bits per heavy atom. The number of likely N-dealkylation sites (tertiary alicyclic amines) is 1. The van der Waals surface area contributed by atoms with Crippen molar-refractivity contribution in [2.24, 2.45) is 10.2 Å². The topological polar surface area (TPSA) is 77.3 Å². The van der Waals surface area contributed by atoms with Crippen LogP contribution in [0.2, 0.25) is 0 Å². The maximum Gasteiger partial charge on any atom is 0.322 e. The molecule has 2 amide bonds. The molecule has 24 heavy (non-hydrogen) atoms. The largest absolute Gasteiger partial charge is 0.394 e. The number of benzene rings is 2. The third-order valence-corrected chi connectivity index (χ3v) is 4.00. The molecule has 1 unspecified atom stereocenters. The minimum absolute atomic E-state index is 0.00618. The molecule has 2 N–H and O–H groups in total. The molecule has 1 aliphatic rings. The summed E-state index contributed by atoms with van der Waals surface area (Å²) in [5.74, 6) is 0. The fraction of sp³-hybridized carbons (Fsp3) is 0.278. The van der Waals surface area contributed by atoms with Gasteiger partial charge in [0.2, 0.25) is 0 Å². The molecule has 0 spiro atoms. The van der Waals surface area contributed by atoms with Crippen molar-refractivity contribution < 1.29 is 9.90 Å². The molecule has 1 aliphatic heterocycles. The number of carbonyl (C=O) groups is 1. The van der Waals surface area contributed by atoms with Crippen molar-refractivity contribution in [2.45, 2.75) is 18.9 Å². The van der Waals surface area contributed by atoms with Crippen LogP contribution in [0.25, 0.3) is 0 Å². The summed E-state index contributed by atoms with van der Waals surface area (Å²) in [7, 11) is 0. The zero-order valence-corrected chi connectivity index (χ0v) is 13.3. The molecule has 1 atom stereocenters. The van der Waals surface area contributed by atoms with Gasteiger partial charge in [0.05, 0.1) is 24.0 Å². The third kappa shape index (κ3) is 3.97. The molecule has 124 valence electrons. The normalized spacial score (nSPS) is 17.4. The number of hydrogen-bond donors (Lipinski definition) is 2. The lowest BCUT2D eigenvalue weighted by Crippen LogP contribution is -2.40. The number of carbonyl (C=O) groups excluding carboxylic acids is 1. The number of aliphatic hydroxyl groups is 1. The zero-order valence-electron chi connectivity index (χ0n) is 13.3. The molecule has 0 bridgehead atoms. The van der Waals surface area contributed by atoms with E-state index in [0.29, 0.717) is 17.9 Å². The van der Waals surface area contributed by atoms with E-state index < -0.39 is 0 Å². The molecule has 1 fully saturated rings. The predicted octanol–water partition coefficient (Wildman–Crippen LogP) is 4.09. The summed E-state index contributed by atoms with van der Waals surface area (Å²) in [6, 6.07) is 16.4. The highest BCUT2D eigenvalue weighted by Gasteiger charge is 2.27. The summed E-state index contributed by atoms with van der Waals surface area (Å²) in [6.45, 7) is 0.687. The molecule has 0 saturated carbocycles. The van der Waals surface area contributed by atoms with Crippen LogP contribution < -0.4 is 5.32 Å². The highest BCUT2D eigenvalue weighted by atomic mass is 16.3. The Morgan fingerprint density at radius 3 is 2.42 bits per heavy atom. The van der Waals surface area contributed by atoms with Gasteiger partial charge in [-0.15, -0.1) is 0 Å². The van der Waals surface area contributed by atoms with Crippen LogP contribution >= 0.6 is 0 Å². The van der Waals surface area contributed by atoms with Gasteiger partial charge < -0.3 is 15.3 Å². The van der Waals surface area contributed by atoms with Gasteiger partial charge >= 0.3 is 6.03 Å². The number of rotatable bonds is 4. The number of nitrogens with zero attached hydrogens (tertiary/aromatic N) is 3. The molecule has 2 aromatic carbocycles. The molecule has 0 radical (unpaired) electrons. The predicted molar refractivity (Wildman–Crippen MR) is 92.9 cm³/mol. The van der Waals surface area contributed by atoms with Crippen LogP contribution in [-0.2, 0) is 0 Å². The fourth-order valence-electron chi connectivity index (χ4n) is 2.71. The highest BCUT2D eigenvalue weighted by Crippen LogP contribution is 2.22. The number of aliphatic hydroxyl groups excluding tert-OH is 1. The zero-order chi connectivity index (χ0) is 16.8. The Morgan fingerprint density at radius 1 is 1.08 bits per heavy atom. The summed E-state index contributed by atoms with van der Waals surface area (Å²) in [4.78, 5) is 13.9. The van der Waals surface area contributed by atoms with Crippen LogP contribution in [0.4, 0.5) is 21.9 Å². The average Bonchev–Trinajstić information content (AvgIpc) is 3.11. The first-order valence-corrected chi connectivity index (χ1v) is 8.01. The van der Waals surface area contributed by atoms with Gasteiger partial charge in [0.25, 0.3) is 0 Å². The van der Waals surface area contributed by atoms with Gasteiger partial charge in [0, 0.05) is 12.2 Å². The van der Waals surface area contributed by atoms with Gasteiger partial charge in [0.15, 0.2) is 0 Å². The molecule has 6 nitrogen and oxygen atoms in total. The Labute approximate surface area is 140 Å². The second-order valence-corrected chi connectivity index (χ2v) is 5.68. The van der Waals surface area contributed by atoms with E-state index in [1.54, 1.807) is 29.2 Å². The maximum atomic E-state index is 12.2. The second-order valence-electron chi connectivity index (χ2n) is 5.68. The minimum Gasteiger partial charge on any atom is -0.394 e. The molecule has 6 heteroatoms. The molecular weight excluding hydrogens is 304 g/mol. The summed E-state index contributed by atoms with van der Waals surface area (Å²) >= 11 is 0. The van der Waals surface area contributed by atoms with E-state index in [0.717, 1.165) is 18.5 Å². The molecule has 3 rings (SSSR count). The van der Waals surface area contributed by atoms with Crippen LogP contribution in [-0.4, -0.2) is 35.2 Å². The van der Waals surface area contributed by atoms with Crippen molar-refractivity contribution in [1.82, 2.24) is 4.90 Å². The van der Waals surface area contributed by atoms with Crippen LogP contribution in [0.3, 0.4) is 0 Å². The number of amides is 2. The number of azo groups is 1. The number of hydrogen-bond acceptors (Lipinski definition) is 4. The Kier molecular flexibility index (Phi) is 5.18. The Balaban J connectivity index is 1.60. The number of nitrogens with one attached hydrogen (secondary N) is 1. The van der Waals surface area contributed by atoms with Gasteiger partial charge in [-0.2, -0.15) is 10.2 Å². The van der Waals surface area contributed by atoms with Gasteiger partial charge in [-0.3, -0.25) is 0 Å². The van der Waals surface area contributed by atoms with E-state index in [9.17, 15) is 9.90 Å². The summed E-state index contributed by atoms with van der Waals surface area (Å²) in [5.41, 5.74) is 2.20. The summed E-state index contributed by atoms with van der Waals surface area (Å²) < 4.78 is 0. The van der Waals surface area contributed by atoms with Crippen LogP contribution in [0.15, 0.2) is 64.8 Å². The van der Waals surface area contributed by atoms with Crippen molar-refractivity contribution in [3.63, 3.8) is 0 Å². The van der Waals surface area contributed by atoms with Gasteiger partial charge in [-0.25, -0.2) is 4.79 Å². The molecule has 0 aliphatic carbocycles. The smallest absolute Gasteiger partial charge is 0.322 e. The van der Waals surface area contributed by atoms with Crippen molar-refractivity contribution in [1.29, 1.82) is 0 Å². The van der Waals surface area contributed by atoms with Crippen molar-refractivity contribution >= 4 is 23.1 Å². The Bertz CT molecular complexity index is 701. The molecule has 1 saturated heterocycles. The lowest BCUT2D eigenvalue weighted by atomic mass is 10.2. The summed E-state index contributed by atoms with van der Waals surface area (Å²) in [6.07, 6.45) is 1.78. The van der Waals surface area contributed by atoms with Crippen molar-refractivity contribution in [2.75, 3.05) is 18.5 Å². The minimum atomic E-state index is -0.176. The lowest BCUT2D eigenvalue weighted by Gasteiger charge is -2.23. The molecule has 2 aromatic rings. The third-order valence-electron chi connectivity index (χ3n) is 4.00. The van der Waals surface area contributed by atoms with E-state index in [-0.39, 0.29) is 18.7 Å². The maximum absolute atomic E-state index is 12.2. The van der Waals surface area contributed by atoms with Crippen LogP contribution in [0.1, 0.15) is 12.8 Å². The van der Waals surface area contributed by atoms with E-state index in [4.69, 9.17) is 0 Å². The van der Waals surface area contributed by atoms with Crippen molar-refractivity contribution in [3.8, 4) is 0 Å². The van der Waals surface area contributed by atoms with Crippen LogP contribution in [0, 0.1) is 0 Å². The fourth-order valence-corrected chi connectivity index (χ4v) is 2.71. The van der Waals surface area contributed by atoms with Crippen molar-refractivity contribution in [3.05, 3.63) is 54.6 Å². The van der Waals surface area contributed by atoms with E-state index in [2.05, 4.69) is 15.5 Å². The average molecular weight is 324 g/mol. The van der Waals surface area contributed by atoms with E-state index in [1.165, 1.54) is 0 Å². The number of urea groups is 1. The monoisotopic (exact) mass is 324 g/mol. The SMILES string of the molecule is O=C(Nc1ccc(N=Nc2ccccc2)cc1)N1CCCC1CO. The first kappa shape index (κ1) is 16.1. The molecule has 0 aromatic heterocycles. The Hall–Kier alpha value is -2.73. The first-order valence-electron chi connectivity index (χ1n) is 8.01. The van der Waals surface area contributed by atoms with Gasteiger partial charge in [0.1, 0.15) is 0 Å².